The van der Waals surface area contributed by atoms with Gasteiger partial charge in [0.25, 0.3) is 0 Å². The van der Waals surface area contributed by atoms with E-state index in [0.717, 1.165) is 11.3 Å². The lowest BCUT2D eigenvalue weighted by Crippen LogP contribution is -2.33. The number of hydrogen-bond donors (Lipinski definition) is 1. The summed E-state index contributed by atoms with van der Waals surface area (Å²) in [5, 5.41) is 3.51. The van der Waals surface area contributed by atoms with Crippen LogP contribution in [0.1, 0.15) is 25.8 Å². The zero-order valence-electron chi connectivity index (χ0n) is 15.7. The minimum atomic E-state index is -0.131. The van der Waals surface area contributed by atoms with E-state index >= 15 is 0 Å². The lowest BCUT2D eigenvalue weighted by molar-refractivity contribution is -0.129. The number of hydrogen-bond acceptors (Lipinski definition) is 3. The number of halogens is 1. The smallest absolute Gasteiger partial charge is 0.226 e. The molecule has 0 saturated heterocycles. The molecule has 0 radical (unpaired) electrons. The molecule has 0 heterocycles. The van der Waals surface area contributed by atoms with E-state index in [9.17, 15) is 9.59 Å². The number of rotatable bonds is 9. The van der Waals surface area contributed by atoms with Crippen LogP contribution in [0.15, 0.2) is 48.5 Å². The summed E-state index contributed by atoms with van der Waals surface area (Å²) < 4.78 is 5.38. The molecule has 27 heavy (non-hydrogen) atoms. The Morgan fingerprint density at radius 2 is 1.85 bits per heavy atom. The molecule has 0 aliphatic heterocycles. The zero-order chi connectivity index (χ0) is 19.6. The number of carbonyl (C=O) groups excluding carboxylic acids is 2. The third-order valence-corrected chi connectivity index (χ3v) is 4.30. The van der Waals surface area contributed by atoms with Crippen LogP contribution in [-0.2, 0) is 16.0 Å². The number of benzene rings is 2. The van der Waals surface area contributed by atoms with Crippen molar-refractivity contribution in [2.45, 2.75) is 26.7 Å². The molecule has 0 atom stereocenters. The Kier molecular flexibility index (Phi) is 8.14. The highest BCUT2D eigenvalue weighted by Gasteiger charge is 2.12. The van der Waals surface area contributed by atoms with Gasteiger partial charge in [0, 0.05) is 37.1 Å². The van der Waals surface area contributed by atoms with Gasteiger partial charge in [-0.3, -0.25) is 9.59 Å². The van der Waals surface area contributed by atoms with Gasteiger partial charge in [-0.15, -0.1) is 0 Å². The van der Waals surface area contributed by atoms with Crippen LogP contribution in [-0.4, -0.2) is 36.4 Å². The zero-order valence-corrected chi connectivity index (χ0v) is 16.5. The molecule has 6 heteroatoms. The van der Waals surface area contributed by atoms with E-state index in [2.05, 4.69) is 5.32 Å². The van der Waals surface area contributed by atoms with Crippen LogP contribution in [0.3, 0.4) is 0 Å². The van der Waals surface area contributed by atoms with E-state index in [1.807, 2.05) is 43.3 Å². The van der Waals surface area contributed by atoms with Crippen molar-refractivity contribution in [3.05, 3.63) is 59.1 Å². The molecule has 0 saturated carbocycles. The molecule has 2 aromatic carbocycles. The van der Waals surface area contributed by atoms with Crippen LogP contribution in [0.25, 0.3) is 0 Å². The van der Waals surface area contributed by atoms with Gasteiger partial charge in [0.15, 0.2) is 0 Å². The first-order chi connectivity index (χ1) is 13.0. The van der Waals surface area contributed by atoms with Gasteiger partial charge < -0.3 is 15.0 Å². The first-order valence-corrected chi connectivity index (χ1v) is 9.38. The molecule has 2 aromatic rings. The normalized spacial score (nSPS) is 10.3. The van der Waals surface area contributed by atoms with Crippen molar-refractivity contribution in [1.82, 2.24) is 4.90 Å². The van der Waals surface area contributed by atoms with Crippen molar-refractivity contribution in [3.8, 4) is 5.75 Å². The second-order valence-corrected chi connectivity index (χ2v) is 6.58. The standard InChI is InChI=1S/C21H25ClN2O3/c1-3-27-20-9-7-19(8-10-20)23-21(26)12-14-24(16(2)25)13-11-17-5-4-6-18(22)15-17/h4-10,15H,3,11-14H2,1-2H3,(H,23,26). The summed E-state index contributed by atoms with van der Waals surface area (Å²) in [5.41, 5.74) is 1.77. The van der Waals surface area contributed by atoms with Gasteiger partial charge in [-0.1, -0.05) is 23.7 Å². The molecule has 0 unspecified atom stereocenters. The maximum absolute atomic E-state index is 12.2. The Morgan fingerprint density at radius 3 is 2.48 bits per heavy atom. The fraction of sp³-hybridized carbons (Fsp3) is 0.333. The highest BCUT2D eigenvalue weighted by Crippen LogP contribution is 2.16. The quantitative estimate of drug-likeness (QED) is 0.701. The summed E-state index contributed by atoms with van der Waals surface area (Å²) in [7, 11) is 0. The van der Waals surface area contributed by atoms with Gasteiger partial charge >= 0.3 is 0 Å². The lowest BCUT2D eigenvalue weighted by Gasteiger charge is -2.21. The number of nitrogens with zero attached hydrogens (tertiary/aromatic N) is 1. The van der Waals surface area contributed by atoms with E-state index in [1.54, 1.807) is 17.0 Å². The molecule has 0 aromatic heterocycles. The molecule has 144 valence electrons. The van der Waals surface area contributed by atoms with E-state index in [1.165, 1.54) is 6.92 Å². The predicted octanol–water partition coefficient (Wildman–Crippen LogP) is 4.16. The Hall–Kier alpha value is -2.53. The summed E-state index contributed by atoms with van der Waals surface area (Å²) in [6, 6.07) is 14.8. The Bertz CT molecular complexity index is 762. The third-order valence-electron chi connectivity index (χ3n) is 4.06. The molecule has 5 nitrogen and oxygen atoms in total. The minimum absolute atomic E-state index is 0.0501. The lowest BCUT2D eigenvalue weighted by atomic mass is 10.1. The van der Waals surface area contributed by atoms with Crippen molar-refractivity contribution in [2.24, 2.45) is 0 Å². The van der Waals surface area contributed by atoms with Gasteiger partial charge in [-0.2, -0.15) is 0 Å². The second-order valence-electron chi connectivity index (χ2n) is 6.14. The molecule has 0 aliphatic carbocycles. The summed E-state index contributed by atoms with van der Waals surface area (Å²) in [4.78, 5) is 25.7. The molecule has 0 bridgehead atoms. The maximum Gasteiger partial charge on any atom is 0.226 e. The van der Waals surface area contributed by atoms with Crippen LogP contribution >= 0.6 is 11.6 Å². The van der Waals surface area contributed by atoms with E-state index in [4.69, 9.17) is 16.3 Å². The molecular weight excluding hydrogens is 364 g/mol. The fourth-order valence-corrected chi connectivity index (χ4v) is 2.86. The van der Waals surface area contributed by atoms with Crippen molar-refractivity contribution in [2.75, 3.05) is 25.0 Å². The first kappa shape index (κ1) is 20.8. The maximum atomic E-state index is 12.2. The average Bonchev–Trinajstić information content (AvgIpc) is 2.63. The van der Waals surface area contributed by atoms with Gasteiger partial charge in [-0.05, 0) is 55.3 Å². The van der Waals surface area contributed by atoms with E-state index in [-0.39, 0.29) is 18.2 Å². The van der Waals surface area contributed by atoms with Gasteiger partial charge in [0.1, 0.15) is 5.75 Å². The summed E-state index contributed by atoms with van der Waals surface area (Å²) in [6.07, 6.45) is 0.934. The molecular formula is C21H25ClN2O3. The Labute approximate surface area is 165 Å². The topological polar surface area (TPSA) is 58.6 Å². The molecule has 0 aliphatic rings. The van der Waals surface area contributed by atoms with Crippen LogP contribution < -0.4 is 10.1 Å². The van der Waals surface area contributed by atoms with Crippen molar-refractivity contribution in [3.63, 3.8) is 0 Å². The molecule has 2 rings (SSSR count). The number of anilines is 1. The van der Waals surface area contributed by atoms with Gasteiger partial charge in [0.2, 0.25) is 11.8 Å². The van der Waals surface area contributed by atoms with E-state index < -0.39 is 0 Å². The Morgan fingerprint density at radius 1 is 1.11 bits per heavy atom. The minimum Gasteiger partial charge on any atom is -0.494 e. The highest BCUT2D eigenvalue weighted by atomic mass is 35.5. The predicted molar refractivity (Wildman–Crippen MR) is 108 cm³/mol. The second kappa shape index (κ2) is 10.6. The van der Waals surface area contributed by atoms with Gasteiger partial charge in [-0.25, -0.2) is 0 Å². The molecule has 0 spiro atoms. The number of nitrogens with one attached hydrogen (secondary N) is 1. The number of carbonyl (C=O) groups is 2. The van der Waals surface area contributed by atoms with Crippen LogP contribution in [0.4, 0.5) is 5.69 Å². The first-order valence-electron chi connectivity index (χ1n) is 9.00. The average molecular weight is 389 g/mol. The van der Waals surface area contributed by atoms with Crippen LogP contribution in [0.5, 0.6) is 5.75 Å². The molecule has 2 amide bonds. The highest BCUT2D eigenvalue weighted by molar-refractivity contribution is 6.30. The molecule has 1 N–H and O–H groups in total. The van der Waals surface area contributed by atoms with E-state index in [0.29, 0.717) is 36.8 Å². The van der Waals surface area contributed by atoms with Crippen molar-refractivity contribution < 1.29 is 14.3 Å². The Balaban J connectivity index is 1.82. The largest absolute Gasteiger partial charge is 0.494 e. The monoisotopic (exact) mass is 388 g/mol. The van der Waals surface area contributed by atoms with Crippen molar-refractivity contribution in [1.29, 1.82) is 0 Å². The fourth-order valence-electron chi connectivity index (χ4n) is 2.64. The molecule has 0 fully saturated rings. The third kappa shape index (κ3) is 7.31. The van der Waals surface area contributed by atoms with Crippen LogP contribution in [0.2, 0.25) is 5.02 Å². The number of ether oxygens (including phenoxy) is 1. The van der Waals surface area contributed by atoms with Crippen molar-refractivity contribution >= 4 is 29.1 Å². The SMILES string of the molecule is CCOc1ccc(NC(=O)CCN(CCc2cccc(Cl)c2)C(C)=O)cc1. The number of amides is 2. The summed E-state index contributed by atoms with van der Waals surface area (Å²) >= 11 is 5.99. The summed E-state index contributed by atoms with van der Waals surface area (Å²) in [6.45, 7) is 4.96. The summed E-state index contributed by atoms with van der Waals surface area (Å²) in [5.74, 6) is 0.582. The van der Waals surface area contributed by atoms with Crippen LogP contribution in [0, 0.1) is 0 Å². The van der Waals surface area contributed by atoms with Gasteiger partial charge in [0.05, 0.1) is 6.61 Å².